The van der Waals surface area contributed by atoms with E-state index in [0.717, 1.165) is 12.1 Å². The van der Waals surface area contributed by atoms with Gasteiger partial charge in [-0.1, -0.05) is 0 Å². The van der Waals surface area contributed by atoms with Crippen LogP contribution in [0.5, 0.6) is 11.5 Å². The lowest BCUT2D eigenvalue weighted by Gasteiger charge is -2.02. The number of halogens is 2. The zero-order valence-electron chi connectivity index (χ0n) is 17.0. The maximum Gasteiger partial charge on any atom is 0.394 e. The minimum Gasteiger partial charge on any atom is -0.497 e. The van der Waals surface area contributed by atoms with Crippen LogP contribution in [0, 0.1) is 31.9 Å². The van der Waals surface area contributed by atoms with Gasteiger partial charge in [0.1, 0.15) is 17.4 Å². The smallest absolute Gasteiger partial charge is 0.394 e. The van der Waals surface area contributed by atoms with E-state index in [-0.39, 0.29) is 23.2 Å². The predicted octanol–water partition coefficient (Wildman–Crippen LogP) is 2.20. The Morgan fingerprint density at radius 2 is 1.35 bits per heavy atom. The van der Waals surface area contributed by atoms with Crippen LogP contribution in [0.3, 0.4) is 0 Å². The second-order valence-electron chi connectivity index (χ2n) is 5.11. The molecule has 0 atom stereocenters. The molecule has 2 aromatic rings. The summed E-state index contributed by atoms with van der Waals surface area (Å²) in [5.41, 5.74) is -0.751. The molecule has 0 aliphatic rings. The zero-order chi connectivity index (χ0) is 27.1. The van der Waals surface area contributed by atoms with Crippen molar-refractivity contribution in [2.75, 3.05) is 14.2 Å². The Bertz CT molecular complexity index is 1100. The summed E-state index contributed by atoms with van der Waals surface area (Å²) in [4.78, 5) is 38.5. The molecule has 0 aliphatic carbocycles. The molecule has 0 spiro atoms. The van der Waals surface area contributed by atoms with Gasteiger partial charge in [0.05, 0.1) is 30.3 Å². The van der Waals surface area contributed by atoms with E-state index in [9.17, 15) is 28.5 Å². The zero-order valence-corrected chi connectivity index (χ0v) is 17.8. The van der Waals surface area contributed by atoms with Gasteiger partial charge in [-0.15, -0.1) is 10.1 Å². The lowest BCUT2D eigenvalue weighted by molar-refractivity contribution is -0.742. The summed E-state index contributed by atoms with van der Waals surface area (Å²) in [5, 5.41) is 24.1. The molecule has 0 amide bonds. The Kier molecular flexibility index (Phi) is 14.5. The van der Waals surface area contributed by atoms with Crippen LogP contribution in [0.25, 0.3) is 0 Å². The van der Waals surface area contributed by atoms with Crippen LogP contribution in [-0.2, 0) is 10.4 Å². The molecule has 0 radical (unpaired) electrons. The van der Waals surface area contributed by atoms with E-state index in [1.54, 1.807) is 0 Å². The maximum absolute atomic E-state index is 12.9. The number of carbonyl (C=O) groups excluding carboxylic acids is 2. The predicted molar refractivity (Wildman–Crippen MR) is 106 cm³/mol. The van der Waals surface area contributed by atoms with Crippen LogP contribution in [0.4, 0.5) is 14.5 Å². The van der Waals surface area contributed by atoms with E-state index in [2.05, 4.69) is 4.74 Å². The van der Waals surface area contributed by atoms with Crippen molar-refractivity contribution in [3.8, 4) is 11.5 Å². The number of methoxy groups -OCH3 is 2. The Balaban J connectivity index is 0. The standard InChI is InChI=1S/C8H6FNO4.C8H7FO2.HNO3.H2O4S/c1-14-8-3-6(9)5(4-11)2-7(8)10(12)13;1-11-7-3-2-6(5-10)8(9)4-7;2-1(3)4;1-5(2,3)4/h2-4H,1H3;2-5H,1H3;(H,2,3,4);(H2,1,2,3,4). The van der Waals surface area contributed by atoms with Crippen molar-refractivity contribution in [3.63, 3.8) is 0 Å². The number of hydrogen-bond acceptors (Lipinski definition) is 10. The quantitative estimate of drug-likeness (QED) is 0.225. The molecular weight excluding hydrogens is 498 g/mol. The molecular formula is C16H16F2N2O13S. The minimum absolute atomic E-state index is 0.0470. The van der Waals surface area contributed by atoms with Crippen molar-refractivity contribution >= 4 is 28.7 Å². The normalized spacial score (nSPS) is 9.35. The number of hydrogen-bond donors (Lipinski definition) is 3. The van der Waals surface area contributed by atoms with Crippen molar-refractivity contribution in [3.05, 3.63) is 73.3 Å². The van der Waals surface area contributed by atoms with Gasteiger partial charge < -0.3 is 14.7 Å². The van der Waals surface area contributed by atoms with Gasteiger partial charge in [-0.2, -0.15) is 8.42 Å². The number of benzene rings is 2. The second kappa shape index (κ2) is 15.5. The van der Waals surface area contributed by atoms with Crippen molar-refractivity contribution in [1.82, 2.24) is 0 Å². The molecule has 0 saturated carbocycles. The molecule has 18 heteroatoms. The Labute approximate surface area is 189 Å². The highest BCUT2D eigenvalue weighted by Gasteiger charge is 2.18. The van der Waals surface area contributed by atoms with Gasteiger partial charge in [0.15, 0.2) is 18.3 Å². The van der Waals surface area contributed by atoms with E-state index in [4.69, 9.17) is 37.6 Å². The lowest BCUT2D eigenvalue weighted by Crippen LogP contribution is -1.97. The Morgan fingerprint density at radius 1 is 0.912 bits per heavy atom. The molecule has 2 rings (SSSR count). The van der Waals surface area contributed by atoms with Gasteiger partial charge >= 0.3 is 16.1 Å². The number of ether oxygens (including phenoxy) is 2. The van der Waals surface area contributed by atoms with E-state index < -0.39 is 37.7 Å². The average molecular weight is 514 g/mol. The third-order valence-corrected chi connectivity index (χ3v) is 2.96. The summed E-state index contributed by atoms with van der Waals surface area (Å²) < 4.78 is 66.6. The first kappa shape index (κ1) is 31.9. The topological polar surface area (TPSA) is 234 Å². The number of carbonyl (C=O) groups is 2. The number of rotatable bonds is 5. The summed E-state index contributed by atoms with van der Waals surface area (Å²) in [5.74, 6) is -1.20. The molecule has 3 N–H and O–H groups in total. The molecule has 15 nitrogen and oxygen atoms in total. The van der Waals surface area contributed by atoms with E-state index in [1.807, 2.05) is 0 Å². The van der Waals surface area contributed by atoms with Crippen molar-refractivity contribution in [2.45, 2.75) is 0 Å². The fourth-order valence-electron chi connectivity index (χ4n) is 1.69. The van der Waals surface area contributed by atoms with E-state index >= 15 is 0 Å². The Hall–Kier alpha value is -4.29. The summed E-state index contributed by atoms with van der Waals surface area (Å²) in [6, 6.07) is 5.72. The summed E-state index contributed by atoms with van der Waals surface area (Å²) in [7, 11) is -2.04. The molecule has 0 heterocycles. The Morgan fingerprint density at radius 3 is 1.68 bits per heavy atom. The highest BCUT2D eigenvalue weighted by Crippen LogP contribution is 2.28. The largest absolute Gasteiger partial charge is 0.497 e. The fraction of sp³-hybridized carbons (Fsp3) is 0.125. The highest BCUT2D eigenvalue weighted by molar-refractivity contribution is 7.79. The van der Waals surface area contributed by atoms with E-state index in [1.165, 1.54) is 32.4 Å². The summed E-state index contributed by atoms with van der Waals surface area (Å²) in [6.07, 6.45) is 0.677. The van der Waals surface area contributed by atoms with Gasteiger partial charge in [-0.05, 0) is 12.1 Å². The third-order valence-electron chi connectivity index (χ3n) is 2.96. The van der Waals surface area contributed by atoms with E-state index in [0.29, 0.717) is 12.0 Å². The number of aldehydes is 2. The molecule has 2 aromatic carbocycles. The first-order chi connectivity index (χ1) is 15.6. The number of nitrogens with zero attached hydrogens (tertiary/aromatic N) is 2. The van der Waals surface area contributed by atoms with Crippen LogP contribution in [0.2, 0.25) is 0 Å². The molecule has 0 fully saturated rings. The minimum atomic E-state index is -4.67. The monoisotopic (exact) mass is 514 g/mol. The van der Waals surface area contributed by atoms with Crippen LogP contribution in [-0.4, -0.2) is 59.5 Å². The molecule has 34 heavy (non-hydrogen) atoms. The molecule has 188 valence electrons. The lowest BCUT2D eigenvalue weighted by atomic mass is 10.2. The highest BCUT2D eigenvalue weighted by atomic mass is 32.3. The summed E-state index contributed by atoms with van der Waals surface area (Å²) in [6.45, 7) is 0. The number of nitro groups is 1. The van der Waals surface area contributed by atoms with Crippen LogP contribution >= 0.6 is 0 Å². The van der Waals surface area contributed by atoms with Gasteiger partial charge in [0, 0.05) is 18.2 Å². The van der Waals surface area contributed by atoms with Crippen molar-refractivity contribution in [2.24, 2.45) is 0 Å². The molecule has 0 bridgehead atoms. The van der Waals surface area contributed by atoms with Crippen LogP contribution in [0.1, 0.15) is 20.7 Å². The first-order valence-electron chi connectivity index (χ1n) is 7.90. The SMILES string of the molecule is COc1cc(F)c(C=O)cc1[N+](=O)[O-].COc1ccc(C=O)c(F)c1.O=S(=O)(O)O.O=[N+]([O-])O. The molecule has 0 aromatic heterocycles. The van der Waals surface area contributed by atoms with Crippen molar-refractivity contribution in [1.29, 1.82) is 0 Å². The third kappa shape index (κ3) is 14.7. The second-order valence-corrected chi connectivity index (χ2v) is 6.01. The average Bonchev–Trinajstić information content (AvgIpc) is 2.72. The van der Waals surface area contributed by atoms with Gasteiger partial charge in [0.2, 0.25) is 0 Å². The van der Waals surface area contributed by atoms with Gasteiger partial charge in [-0.3, -0.25) is 28.8 Å². The first-order valence-corrected chi connectivity index (χ1v) is 9.29. The maximum atomic E-state index is 12.9. The molecule has 0 unspecified atom stereocenters. The number of nitro benzene ring substituents is 1. The van der Waals surface area contributed by atoms with Crippen molar-refractivity contribution < 1.29 is 60.6 Å². The fourth-order valence-corrected chi connectivity index (χ4v) is 1.69. The van der Waals surface area contributed by atoms with Crippen LogP contribution in [0.15, 0.2) is 30.3 Å². The van der Waals surface area contributed by atoms with Gasteiger partial charge in [0.25, 0.3) is 5.09 Å². The summed E-state index contributed by atoms with van der Waals surface area (Å²) >= 11 is 0. The molecule has 0 saturated heterocycles. The molecule has 0 aliphatic heterocycles. The van der Waals surface area contributed by atoms with Gasteiger partial charge in [-0.25, -0.2) is 8.78 Å². The van der Waals surface area contributed by atoms with Crippen LogP contribution < -0.4 is 9.47 Å².